The molecule has 0 aliphatic carbocycles. The number of nitrogens with one attached hydrogen (secondary N) is 2. The van der Waals surface area contributed by atoms with Crippen LogP contribution < -0.4 is 10.0 Å². The average molecular weight is 591 g/mol. The molecule has 5 rings (SSSR count). The Kier molecular flexibility index (Phi) is 8.79. The van der Waals surface area contributed by atoms with E-state index in [1.165, 1.54) is 18.5 Å². The second-order valence-electron chi connectivity index (χ2n) is 9.78. The predicted octanol–water partition coefficient (Wildman–Crippen LogP) is 6.65. The molecular weight excluding hydrogens is 558 g/mol. The Balaban J connectivity index is 1.32. The maximum absolute atomic E-state index is 14.0. The Hall–Kier alpha value is -4.35. The van der Waals surface area contributed by atoms with Crippen molar-refractivity contribution in [1.29, 1.82) is 0 Å². The van der Waals surface area contributed by atoms with Crippen molar-refractivity contribution in [3.05, 3.63) is 97.0 Å². The first kappa shape index (κ1) is 29.2. The SMILES string of the molecule is CCN(CC)CCCn1cc(-c2cc(Nc3ccc(NS(=O)(=O)c4c(F)cccc4F)cc3)ncn2)c2ccccc21. The molecule has 2 N–H and O–H groups in total. The highest BCUT2D eigenvalue weighted by Crippen LogP contribution is 2.31. The number of nitrogens with zero attached hydrogens (tertiary/aromatic N) is 4. The number of benzene rings is 3. The molecule has 3 aromatic carbocycles. The molecule has 2 aromatic heterocycles. The third-order valence-electron chi connectivity index (χ3n) is 7.10. The molecule has 0 amide bonds. The van der Waals surface area contributed by atoms with Crippen LogP contribution in [0.15, 0.2) is 90.2 Å². The highest BCUT2D eigenvalue weighted by molar-refractivity contribution is 7.92. The summed E-state index contributed by atoms with van der Waals surface area (Å²) in [6, 6.07) is 19.3. The monoisotopic (exact) mass is 590 g/mol. The largest absolute Gasteiger partial charge is 0.347 e. The van der Waals surface area contributed by atoms with Gasteiger partial charge in [0.25, 0.3) is 10.0 Å². The van der Waals surface area contributed by atoms with Crippen molar-refractivity contribution in [3.63, 3.8) is 0 Å². The summed E-state index contributed by atoms with van der Waals surface area (Å²) in [5, 5.41) is 4.31. The lowest BCUT2D eigenvalue weighted by Crippen LogP contribution is -2.24. The van der Waals surface area contributed by atoms with E-state index in [-0.39, 0.29) is 5.69 Å². The van der Waals surface area contributed by atoms with E-state index in [1.54, 1.807) is 12.1 Å². The molecule has 0 unspecified atom stereocenters. The highest BCUT2D eigenvalue weighted by Gasteiger charge is 2.24. The van der Waals surface area contributed by atoms with Gasteiger partial charge in [-0.3, -0.25) is 4.72 Å². The molecule has 0 aliphatic rings. The number of para-hydroxylation sites is 1. The molecule has 0 spiro atoms. The molecule has 0 aliphatic heterocycles. The topological polar surface area (TPSA) is 92.2 Å². The zero-order valence-corrected chi connectivity index (χ0v) is 24.2. The quantitative estimate of drug-likeness (QED) is 0.169. The van der Waals surface area contributed by atoms with Crippen molar-refractivity contribution in [2.24, 2.45) is 0 Å². The van der Waals surface area contributed by atoms with Gasteiger partial charge in [-0.15, -0.1) is 0 Å². The molecule has 0 fully saturated rings. The Labute approximate surface area is 244 Å². The minimum Gasteiger partial charge on any atom is -0.347 e. The number of rotatable bonds is 12. The summed E-state index contributed by atoms with van der Waals surface area (Å²) in [7, 11) is -4.46. The van der Waals surface area contributed by atoms with Crippen molar-refractivity contribution < 1.29 is 17.2 Å². The summed E-state index contributed by atoms with van der Waals surface area (Å²) in [6.07, 6.45) is 4.67. The van der Waals surface area contributed by atoms with Gasteiger partial charge in [0.2, 0.25) is 0 Å². The first-order valence-electron chi connectivity index (χ1n) is 13.8. The van der Waals surface area contributed by atoms with Gasteiger partial charge in [0.05, 0.1) is 5.69 Å². The standard InChI is InChI=1S/C31H32F2N6O2S/c1-3-38(4-2)17-8-18-39-20-25(24-9-5-6-12-29(24)39)28-19-30(35-21-34-28)36-22-13-15-23(16-14-22)37-42(40,41)31-26(32)10-7-11-27(31)33/h5-7,9-16,19-21,37H,3-4,8,17-18H2,1-2H3,(H,34,35,36). The van der Waals surface area contributed by atoms with Crippen LogP contribution in [0.1, 0.15) is 20.3 Å². The Bertz CT molecular complexity index is 1770. The Morgan fingerprint density at radius 1 is 0.881 bits per heavy atom. The number of hydrogen-bond acceptors (Lipinski definition) is 6. The van der Waals surface area contributed by atoms with Gasteiger partial charge in [0.1, 0.15) is 23.8 Å². The third kappa shape index (κ3) is 6.42. The van der Waals surface area contributed by atoms with Gasteiger partial charge in [-0.1, -0.05) is 38.1 Å². The fraction of sp³-hybridized carbons (Fsp3) is 0.226. The molecule has 218 valence electrons. The number of fused-ring (bicyclic) bond motifs is 1. The van der Waals surface area contributed by atoms with Crippen molar-refractivity contribution in [3.8, 4) is 11.3 Å². The second kappa shape index (κ2) is 12.7. The fourth-order valence-corrected chi connectivity index (χ4v) is 6.13. The van der Waals surface area contributed by atoms with Crippen molar-refractivity contribution >= 4 is 38.1 Å². The number of sulfonamides is 1. The van der Waals surface area contributed by atoms with Crippen LogP contribution in [0.4, 0.5) is 26.0 Å². The molecule has 5 aromatic rings. The lowest BCUT2D eigenvalue weighted by Gasteiger charge is -2.17. The van der Waals surface area contributed by atoms with E-state index in [0.29, 0.717) is 11.5 Å². The van der Waals surface area contributed by atoms with Crippen LogP contribution >= 0.6 is 0 Å². The lowest BCUT2D eigenvalue weighted by atomic mass is 10.1. The molecule has 0 saturated carbocycles. The molecule has 0 radical (unpaired) electrons. The number of aromatic nitrogens is 3. The Morgan fingerprint density at radius 3 is 2.29 bits per heavy atom. The molecule has 11 heteroatoms. The molecule has 0 atom stereocenters. The van der Waals surface area contributed by atoms with Crippen LogP contribution in [0.3, 0.4) is 0 Å². The number of hydrogen-bond donors (Lipinski definition) is 2. The third-order valence-corrected chi connectivity index (χ3v) is 8.53. The minimum absolute atomic E-state index is 0.153. The van der Waals surface area contributed by atoms with E-state index in [0.717, 1.165) is 73.0 Å². The minimum atomic E-state index is -4.46. The summed E-state index contributed by atoms with van der Waals surface area (Å²) >= 11 is 0. The van der Waals surface area contributed by atoms with Gasteiger partial charge >= 0.3 is 0 Å². The van der Waals surface area contributed by atoms with Gasteiger partial charge in [-0.05, 0) is 68.5 Å². The van der Waals surface area contributed by atoms with Crippen LogP contribution in [-0.4, -0.2) is 47.5 Å². The summed E-state index contributed by atoms with van der Waals surface area (Å²) < 4.78 is 57.7. The van der Waals surface area contributed by atoms with E-state index < -0.39 is 26.6 Å². The first-order valence-corrected chi connectivity index (χ1v) is 15.2. The normalized spacial score (nSPS) is 11.7. The highest BCUT2D eigenvalue weighted by atomic mass is 32.2. The maximum atomic E-state index is 14.0. The number of anilines is 3. The summed E-state index contributed by atoms with van der Waals surface area (Å²) in [5.74, 6) is -1.77. The van der Waals surface area contributed by atoms with E-state index >= 15 is 0 Å². The van der Waals surface area contributed by atoms with Crippen LogP contribution in [-0.2, 0) is 16.6 Å². The predicted molar refractivity (Wildman–Crippen MR) is 162 cm³/mol. The Morgan fingerprint density at radius 2 is 1.57 bits per heavy atom. The molecule has 8 nitrogen and oxygen atoms in total. The van der Waals surface area contributed by atoms with E-state index in [1.807, 2.05) is 18.2 Å². The second-order valence-corrected chi connectivity index (χ2v) is 11.4. The average Bonchev–Trinajstić information content (AvgIpc) is 3.35. The zero-order valence-electron chi connectivity index (χ0n) is 23.4. The van der Waals surface area contributed by atoms with Crippen LogP contribution in [0.25, 0.3) is 22.2 Å². The lowest BCUT2D eigenvalue weighted by molar-refractivity contribution is 0.294. The summed E-state index contributed by atoms with van der Waals surface area (Å²) in [6.45, 7) is 8.37. The maximum Gasteiger partial charge on any atom is 0.267 e. The van der Waals surface area contributed by atoms with Crippen molar-refractivity contribution in [1.82, 2.24) is 19.4 Å². The first-order chi connectivity index (χ1) is 20.3. The fourth-order valence-electron chi connectivity index (χ4n) is 4.93. The van der Waals surface area contributed by atoms with Gasteiger partial charge in [-0.25, -0.2) is 27.2 Å². The van der Waals surface area contributed by atoms with Gasteiger partial charge in [0, 0.05) is 46.6 Å². The van der Waals surface area contributed by atoms with Crippen molar-refractivity contribution in [2.45, 2.75) is 31.7 Å². The van der Waals surface area contributed by atoms with E-state index in [9.17, 15) is 17.2 Å². The van der Waals surface area contributed by atoms with Gasteiger partial charge in [0.15, 0.2) is 4.90 Å². The van der Waals surface area contributed by atoms with Crippen LogP contribution in [0, 0.1) is 11.6 Å². The number of halogens is 2. The summed E-state index contributed by atoms with van der Waals surface area (Å²) in [4.78, 5) is 10.3. The smallest absolute Gasteiger partial charge is 0.267 e. The molecular formula is C31H32F2N6O2S. The zero-order chi connectivity index (χ0) is 29.7. The van der Waals surface area contributed by atoms with Crippen LogP contribution in [0.2, 0.25) is 0 Å². The van der Waals surface area contributed by atoms with Crippen molar-refractivity contribution in [2.75, 3.05) is 29.7 Å². The molecule has 0 bridgehead atoms. The summed E-state index contributed by atoms with van der Waals surface area (Å²) in [5.41, 5.74) is 3.71. The van der Waals surface area contributed by atoms with E-state index in [2.05, 4.69) is 61.7 Å². The molecule has 0 saturated heterocycles. The van der Waals surface area contributed by atoms with Crippen LogP contribution in [0.5, 0.6) is 0 Å². The number of aryl methyl sites for hydroxylation is 1. The molecule has 42 heavy (non-hydrogen) atoms. The molecule has 2 heterocycles. The van der Waals surface area contributed by atoms with E-state index in [4.69, 9.17) is 0 Å². The van der Waals surface area contributed by atoms with Gasteiger partial charge in [-0.2, -0.15) is 0 Å². The van der Waals surface area contributed by atoms with Gasteiger partial charge < -0.3 is 14.8 Å².